The van der Waals surface area contributed by atoms with Crippen molar-refractivity contribution >= 4 is 56.7 Å². The molecular weight excluding hydrogens is 458 g/mol. The van der Waals surface area contributed by atoms with Crippen LogP contribution in [0.25, 0.3) is 0 Å². The minimum absolute atomic E-state index is 0.0897. The molecule has 10 heteroatoms. The number of benzene rings is 2. The number of amides is 2. The molecule has 0 atom stereocenters. The summed E-state index contributed by atoms with van der Waals surface area (Å²) in [4.78, 5) is 24.1. The zero-order valence-corrected chi connectivity index (χ0v) is 17.2. The molecule has 2 aromatic rings. The smallest absolute Gasteiger partial charge is 0.276 e. The predicted octanol–water partition coefficient (Wildman–Crippen LogP) is 2.83. The van der Waals surface area contributed by atoms with Gasteiger partial charge in [-0.25, -0.2) is 0 Å². The topological polar surface area (TPSA) is 88.7 Å². The zero-order valence-electron chi connectivity index (χ0n) is 14.0. The standard InChI is InChI=1S/C17H15BrClN3O4S/c1-25-13-7-6-10(18)8-11(13)16(24)20-17(27)22-21-15(23)9-26-14-5-3-2-4-12(14)19/h2-8H,9H2,1H3,(H,21,23)(H2,20,22,24,27). The molecule has 27 heavy (non-hydrogen) atoms. The molecule has 0 aliphatic rings. The Kier molecular flexibility index (Phi) is 7.83. The highest BCUT2D eigenvalue weighted by molar-refractivity contribution is 9.10. The van der Waals surface area contributed by atoms with E-state index in [2.05, 4.69) is 32.1 Å². The van der Waals surface area contributed by atoms with Crippen LogP contribution < -0.4 is 25.6 Å². The summed E-state index contributed by atoms with van der Waals surface area (Å²) in [5.41, 5.74) is 5.02. The van der Waals surface area contributed by atoms with E-state index in [1.165, 1.54) is 7.11 Å². The van der Waals surface area contributed by atoms with Crippen molar-refractivity contribution in [3.05, 3.63) is 57.5 Å². The number of carbonyl (C=O) groups excluding carboxylic acids is 2. The number of carbonyl (C=O) groups is 2. The van der Waals surface area contributed by atoms with Gasteiger partial charge in [0, 0.05) is 4.47 Å². The van der Waals surface area contributed by atoms with Crippen molar-refractivity contribution in [2.75, 3.05) is 13.7 Å². The minimum atomic E-state index is -0.508. The summed E-state index contributed by atoms with van der Waals surface area (Å²) in [6.45, 7) is -0.285. The number of halogens is 2. The number of rotatable bonds is 5. The van der Waals surface area contributed by atoms with Crippen LogP contribution in [-0.2, 0) is 4.79 Å². The Morgan fingerprint density at radius 1 is 1.15 bits per heavy atom. The molecule has 142 valence electrons. The SMILES string of the molecule is COc1ccc(Br)cc1C(=O)NC(=S)NNC(=O)COc1ccccc1Cl. The van der Waals surface area contributed by atoms with Gasteiger partial charge in [0.05, 0.1) is 17.7 Å². The average molecular weight is 473 g/mol. The number of nitrogens with one attached hydrogen (secondary N) is 3. The van der Waals surface area contributed by atoms with Gasteiger partial charge < -0.3 is 9.47 Å². The number of thiocarbonyl (C=S) groups is 1. The molecule has 0 saturated carbocycles. The first-order chi connectivity index (χ1) is 12.9. The molecule has 0 aliphatic carbocycles. The molecule has 0 spiro atoms. The molecule has 0 aliphatic heterocycles. The van der Waals surface area contributed by atoms with E-state index in [-0.39, 0.29) is 17.3 Å². The number of hydrogen-bond donors (Lipinski definition) is 3. The van der Waals surface area contributed by atoms with Crippen LogP contribution in [-0.4, -0.2) is 30.6 Å². The van der Waals surface area contributed by atoms with Crippen LogP contribution in [0.2, 0.25) is 5.02 Å². The maximum Gasteiger partial charge on any atom is 0.276 e. The van der Waals surface area contributed by atoms with E-state index in [4.69, 9.17) is 33.3 Å². The fourth-order valence-electron chi connectivity index (χ4n) is 1.93. The zero-order chi connectivity index (χ0) is 19.8. The molecular formula is C17H15BrClN3O4S. The van der Waals surface area contributed by atoms with Gasteiger partial charge in [0.1, 0.15) is 11.5 Å². The maximum atomic E-state index is 12.3. The van der Waals surface area contributed by atoms with Crippen molar-refractivity contribution < 1.29 is 19.1 Å². The summed E-state index contributed by atoms with van der Waals surface area (Å²) in [5.74, 6) is -0.235. The normalized spacial score (nSPS) is 9.89. The van der Waals surface area contributed by atoms with Crippen molar-refractivity contribution in [1.29, 1.82) is 0 Å². The lowest BCUT2D eigenvalue weighted by Gasteiger charge is -2.13. The summed E-state index contributed by atoms with van der Waals surface area (Å²) in [6.07, 6.45) is 0. The van der Waals surface area contributed by atoms with E-state index < -0.39 is 11.8 Å². The van der Waals surface area contributed by atoms with Gasteiger partial charge >= 0.3 is 0 Å². The second-order valence-corrected chi connectivity index (χ2v) is 6.75. The molecule has 2 amide bonds. The Hall–Kier alpha value is -2.36. The molecule has 2 rings (SSSR count). The Balaban J connectivity index is 1.82. The first kappa shape index (κ1) is 20.9. The number of hydrazine groups is 1. The van der Waals surface area contributed by atoms with Crippen LogP contribution in [0.15, 0.2) is 46.9 Å². The third-order valence-electron chi connectivity index (χ3n) is 3.14. The van der Waals surface area contributed by atoms with Crippen LogP contribution in [0.1, 0.15) is 10.4 Å². The Morgan fingerprint density at radius 2 is 1.89 bits per heavy atom. The van der Waals surface area contributed by atoms with Gasteiger partial charge in [-0.05, 0) is 42.5 Å². The molecule has 3 N–H and O–H groups in total. The van der Waals surface area contributed by atoms with Crippen LogP contribution in [0, 0.1) is 0 Å². The molecule has 7 nitrogen and oxygen atoms in total. The monoisotopic (exact) mass is 471 g/mol. The first-order valence-electron chi connectivity index (χ1n) is 7.51. The van der Waals surface area contributed by atoms with E-state index in [9.17, 15) is 9.59 Å². The summed E-state index contributed by atoms with van der Waals surface area (Å²) in [5, 5.41) is 2.74. The summed E-state index contributed by atoms with van der Waals surface area (Å²) < 4.78 is 11.1. The van der Waals surface area contributed by atoms with Gasteiger partial charge in [-0.2, -0.15) is 0 Å². The molecule has 0 radical (unpaired) electrons. The van der Waals surface area contributed by atoms with Gasteiger partial charge in [-0.3, -0.25) is 25.8 Å². The van der Waals surface area contributed by atoms with E-state index in [1.807, 2.05) is 0 Å². The van der Waals surface area contributed by atoms with Crippen molar-refractivity contribution in [3.8, 4) is 11.5 Å². The fourth-order valence-corrected chi connectivity index (χ4v) is 2.62. The largest absolute Gasteiger partial charge is 0.496 e. The van der Waals surface area contributed by atoms with E-state index in [0.29, 0.717) is 21.0 Å². The third-order valence-corrected chi connectivity index (χ3v) is 4.15. The van der Waals surface area contributed by atoms with Gasteiger partial charge in [0.15, 0.2) is 11.7 Å². The molecule has 2 aromatic carbocycles. The first-order valence-corrected chi connectivity index (χ1v) is 9.09. The van der Waals surface area contributed by atoms with Crippen LogP contribution >= 0.6 is 39.7 Å². The maximum absolute atomic E-state index is 12.3. The van der Waals surface area contributed by atoms with E-state index >= 15 is 0 Å². The molecule has 0 fully saturated rings. The van der Waals surface area contributed by atoms with Gasteiger partial charge in [-0.1, -0.05) is 39.7 Å². The summed E-state index contributed by atoms with van der Waals surface area (Å²) >= 11 is 14.2. The molecule has 0 bridgehead atoms. The summed E-state index contributed by atoms with van der Waals surface area (Å²) in [6, 6.07) is 11.7. The highest BCUT2D eigenvalue weighted by Gasteiger charge is 2.14. The molecule has 0 aromatic heterocycles. The van der Waals surface area contributed by atoms with E-state index in [0.717, 1.165) is 0 Å². The lowest BCUT2D eigenvalue weighted by atomic mass is 10.2. The lowest BCUT2D eigenvalue weighted by molar-refractivity contribution is -0.123. The quantitative estimate of drug-likeness (QED) is 0.458. The van der Waals surface area contributed by atoms with Crippen molar-refractivity contribution in [1.82, 2.24) is 16.2 Å². The number of hydrogen-bond acceptors (Lipinski definition) is 5. The lowest BCUT2D eigenvalue weighted by Crippen LogP contribution is -2.49. The summed E-state index contributed by atoms with van der Waals surface area (Å²) in [7, 11) is 1.45. The van der Waals surface area contributed by atoms with Gasteiger partial charge in [0.2, 0.25) is 0 Å². The highest BCUT2D eigenvalue weighted by atomic mass is 79.9. The second-order valence-electron chi connectivity index (χ2n) is 5.02. The van der Waals surface area contributed by atoms with Crippen LogP contribution in [0.5, 0.6) is 11.5 Å². The van der Waals surface area contributed by atoms with Crippen LogP contribution in [0.3, 0.4) is 0 Å². The Bertz CT molecular complexity index is 866. The molecule has 0 heterocycles. The Morgan fingerprint density at radius 3 is 2.59 bits per heavy atom. The minimum Gasteiger partial charge on any atom is -0.496 e. The Labute approximate surface area is 174 Å². The van der Waals surface area contributed by atoms with Crippen LogP contribution in [0.4, 0.5) is 0 Å². The highest BCUT2D eigenvalue weighted by Crippen LogP contribution is 2.23. The van der Waals surface area contributed by atoms with Crippen molar-refractivity contribution in [2.45, 2.75) is 0 Å². The van der Waals surface area contributed by atoms with Gasteiger partial charge in [0.25, 0.3) is 11.8 Å². The number of methoxy groups -OCH3 is 1. The number of para-hydroxylation sites is 1. The second kappa shape index (κ2) is 10.1. The predicted molar refractivity (Wildman–Crippen MR) is 109 cm³/mol. The fraction of sp³-hybridized carbons (Fsp3) is 0.118. The van der Waals surface area contributed by atoms with Gasteiger partial charge in [-0.15, -0.1) is 0 Å². The van der Waals surface area contributed by atoms with Crippen molar-refractivity contribution in [2.24, 2.45) is 0 Å². The van der Waals surface area contributed by atoms with E-state index in [1.54, 1.807) is 42.5 Å². The number of ether oxygens (including phenoxy) is 2. The average Bonchev–Trinajstić information content (AvgIpc) is 2.65. The molecule has 0 unspecified atom stereocenters. The van der Waals surface area contributed by atoms with Crippen molar-refractivity contribution in [3.63, 3.8) is 0 Å². The third kappa shape index (κ3) is 6.38. The molecule has 0 saturated heterocycles.